The van der Waals surface area contributed by atoms with Crippen LogP contribution in [0.3, 0.4) is 0 Å². The van der Waals surface area contributed by atoms with Crippen molar-refractivity contribution in [3.05, 3.63) is 23.8 Å². The first-order valence-electron chi connectivity index (χ1n) is 4.69. The minimum absolute atomic E-state index is 0.0168. The van der Waals surface area contributed by atoms with E-state index >= 15 is 0 Å². The quantitative estimate of drug-likeness (QED) is 0.685. The molecule has 0 aliphatic carbocycles. The molecule has 3 nitrogen and oxygen atoms in total. The van der Waals surface area contributed by atoms with E-state index in [1.807, 2.05) is 12.1 Å². The van der Waals surface area contributed by atoms with Gasteiger partial charge in [0.1, 0.15) is 5.75 Å². The van der Waals surface area contributed by atoms with Crippen LogP contribution in [0.25, 0.3) is 0 Å². The number of rotatable bonds is 4. The van der Waals surface area contributed by atoms with Crippen molar-refractivity contribution in [2.24, 2.45) is 0 Å². The van der Waals surface area contributed by atoms with E-state index in [-0.39, 0.29) is 3.79 Å². The average molecular weight is 319 g/mol. The number of methoxy groups -OCH3 is 1. The second kappa shape index (κ2) is 5.34. The Morgan fingerprint density at radius 1 is 1.47 bits per heavy atom. The molecule has 0 unspecified atom stereocenters. The van der Waals surface area contributed by atoms with Crippen molar-refractivity contribution in [3.63, 3.8) is 0 Å². The van der Waals surface area contributed by atoms with E-state index in [1.165, 1.54) is 0 Å². The van der Waals surface area contributed by atoms with Crippen LogP contribution in [0.5, 0.6) is 5.75 Å². The van der Waals surface area contributed by atoms with Gasteiger partial charge in [-0.25, -0.2) is 0 Å². The van der Waals surface area contributed by atoms with Crippen LogP contribution in [0.15, 0.2) is 18.2 Å². The third kappa shape index (κ3) is 3.37. The Hall–Kier alpha value is -0.780. The summed E-state index contributed by atoms with van der Waals surface area (Å²) in [4.78, 5) is 11.3. The maximum atomic E-state index is 11.3. The van der Waals surface area contributed by atoms with E-state index in [0.717, 1.165) is 5.69 Å². The topological polar surface area (TPSA) is 38.3 Å². The Morgan fingerprint density at radius 2 is 2.13 bits per heavy atom. The predicted octanol–water partition coefficient (Wildman–Crippen LogP) is 3.09. The zero-order valence-corrected chi connectivity index (χ0v) is 11.2. The molecule has 0 fully saturated rings. The Kier molecular flexibility index (Phi) is 4.38. The highest BCUT2D eigenvalue weighted by molar-refractivity contribution is 14.1. The molecule has 0 atom stereocenters. The fourth-order valence-corrected chi connectivity index (χ4v) is 1.71. The lowest BCUT2D eigenvalue weighted by Gasteiger charge is -2.12. The summed E-state index contributed by atoms with van der Waals surface area (Å²) < 4.78 is 5.10. The smallest absolute Gasteiger partial charge is 0.226 e. The lowest BCUT2D eigenvalue weighted by molar-refractivity contribution is 0.110. The monoisotopic (exact) mass is 319 g/mol. The van der Waals surface area contributed by atoms with Crippen LogP contribution in [-0.2, 0) is 0 Å². The van der Waals surface area contributed by atoms with Crippen LogP contribution in [0.1, 0.15) is 24.2 Å². The zero-order chi connectivity index (χ0) is 11.4. The molecule has 1 rings (SSSR count). The van der Waals surface area contributed by atoms with Crippen molar-refractivity contribution in [2.75, 3.05) is 12.4 Å². The molecule has 4 heteroatoms. The molecule has 15 heavy (non-hydrogen) atoms. The highest BCUT2D eigenvalue weighted by Gasteiger charge is 2.10. The van der Waals surface area contributed by atoms with E-state index in [2.05, 4.69) is 19.2 Å². The molecule has 0 spiro atoms. The molecule has 0 bridgehead atoms. The van der Waals surface area contributed by atoms with Crippen molar-refractivity contribution in [1.29, 1.82) is 0 Å². The van der Waals surface area contributed by atoms with E-state index in [9.17, 15) is 4.79 Å². The molecule has 1 N–H and O–H groups in total. The fourth-order valence-electron chi connectivity index (χ4n) is 1.28. The number of benzene rings is 1. The molecular weight excluding hydrogens is 305 g/mol. The van der Waals surface area contributed by atoms with Crippen LogP contribution < -0.4 is 10.1 Å². The van der Waals surface area contributed by atoms with Gasteiger partial charge >= 0.3 is 0 Å². The van der Waals surface area contributed by atoms with Crippen LogP contribution in [0.2, 0.25) is 0 Å². The first kappa shape index (κ1) is 12.3. The number of ether oxygens (including phenoxy) is 1. The van der Waals surface area contributed by atoms with Gasteiger partial charge in [0.05, 0.1) is 12.7 Å². The largest absolute Gasteiger partial charge is 0.496 e. The van der Waals surface area contributed by atoms with Gasteiger partial charge in [0.15, 0.2) is 0 Å². The number of hydrogen-bond donors (Lipinski definition) is 1. The minimum atomic E-state index is -0.0168. The second-order valence-electron chi connectivity index (χ2n) is 3.49. The number of halogens is 1. The lowest BCUT2D eigenvalue weighted by atomic mass is 10.2. The summed E-state index contributed by atoms with van der Waals surface area (Å²) in [6, 6.07) is 5.86. The lowest BCUT2D eigenvalue weighted by Crippen LogP contribution is -2.10. The summed E-state index contributed by atoms with van der Waals surface area (Å²) in [5, 5.41) is 3.24. The highest BCUT2D eigenvalue weighted by Crippen LogP contribution is 2.25. The third-order valence-corrected chi connectivity index (χ3v) is 2.45. The molecule has 0 aliphatic heterocycles. The molecule has 0 aliphatic rings. The van der Waals surface area contributed by atoms with Crippen molar-refractivity contribution < 1.29 is 9.53 Å². The van der Waals surface area contributed by atoms with Gasteiger partial charge in [-0.2, -0.15) is 0 Å². The molecule has 0 saturated carbocycles. The first-order chi connectivity index (χ1) is 7.04. The molecule has 0 saturated heterocycles. The number of carbonyl (C=O) groups excluding carboxylic acids is 1. The van der Waals surface area contributed by atoms with Crippen LogP contribution >= 0.6 is 22.6 Å². The fraction of sp³-hybridized carbons (Fsp3) is 0.364. The number of anilines is 1. The second-order valence-corrected chi connectivity index (χ2v) is 4.47. The van der Waals surface area contributed by atoms with Gasteiger partial charge in [-0.15, -0.1) is 0 Å². The maximum absolute atomic E-state index is 11.3. The maximum Gasteiger partial charge on any atom is 0.226 e. The predicted molar refractivity (Wildman–Crippen MR) is 70.1 cm³/mol. The van der Waals surface area contributed by atoms with E-state index < -0.39 is 0 Å². The SMILES string of the molecule is COc1ccc(NC(C)C)cc1C(=O)I. The summed E-state index contributed by atoms with van der Waals surface area (Å²) in [6.45, 7) is 4.10. The molecule has 1 aromatic rings. The first-order valence-corrected chi connectivity index (χ1v) is 5.77. The summed E-state index contributed by atoms with van der Waals surface area (Å²) in [6.07, 6.45) is 0. The van der Waals surface area contributed by atoms with Gasteiger partial charge in [-0.3, -0.25) is 4.79 Å². The molecule has 0 amide bonds. The van der Waals surface area contributed by atoms with Gasteiger partial charge < -0.3 is 10.1 Å². The third-order valence-electron chi connectivity index (χ3n) is 1.87. The summed E-state index contributed by atoms with van der Waals surface area (Å²) in [5.41, 5.74) is 1.54. The van der Waals surface area contributed by atoms with Crippen molar-refractivity contribution in [3.8, 4) is 5.75 Å². The number of carbonyl (C=O) groups is 1. The molecule has 0 heterocycles. The Bertz CT molecular complexity index is 364. The van der Waals surface area contributed by atoms with Crippen molar-refractivity contribution >= 4 is 32.1 Å². The van der Waals surface area contributed by atoms with Gasteiger partial charge in [0, 0.05) is 34.3 Å². The summed E-state index contributed by atoms with van der Waals surface area (Å²) in [5.74, 6) is 0.615. The number of hydrogen-bond acceptors (Lipinski definition) is 3. The highest BCUT2D eigenvalue weighted by atomic mass is 127. The normalized spacial score (nSPS) is 10.2. The molecule has 0 aromatic heterocycles. The van der Waals surface area contributed by atoms with E-state index in [4.69, 9.17) is 4.74 Å². The van der Waals surface area contributed by atoms with Crippen molar-refractivity contribution in [2.45, 2.75) is 19.9 Å². The van der Waals surface area contributed by atoms with E-state index in [1.54, 1.807) is 35.8 Å². The summed E-state index contributed by atoms with van der Waals surface area (Å²) in [7, 11) is 1.56. The van der Waals surface area contributed by atoms with E-state index in [0.29, 0.717) is 17.4 Å². The van der Waals surface area contributed by atoms with Crippen LogP contribution in [-0.4, -0.2) is 16.9 Å². The summed E-state index contributed by atoms with van der Waals surface area (Å²) >= 11 is 1.76. The van der Waals surface area contributed by atoms with Crippen molar-refractivity contribution in [1.82, 2.24) is 0 Å². The van der Waals surface area contributed by atoms with Gasteiger partial charge in [-0.05, 0) is 32.0 Å². The minimum Gasteiger partial charge on any atom is -0.496 e. The Balaban J connectivity index is 3.05. The van der Waals surface area contributed by atoms with Crippen LogP contribution in [0, 0.1) is 0 Å². The Labute approximate surface area is 103 Å². The molecule has 1 aromatic carbocycles. The molecular formula is C11H14INO2. The molecule has 0 radical (unpaired) electrons. The van der Waals surface area contributed by atoms with Gasteiger partial charge in [0.25, 0.3) is 0 Å². The van der Waals surface area contributed by atoms with Gasteiger partial charge in [-0.1, -0.05) is 0 Å². The molecule has 82 valence electrons. The van der Waals surface area contributed by atoms with Crippen LogP contribution in [0.4, 0.5) is 5.69 Å². The standard InChI is InChI=1S/C11H14INO2/c1-7(2)13-8-4-5-10(15-3)9(6-8)11(12)14/h4-7,13H,1-3H3. The Morgan fingerprint density at radius 3 is 2.60 bits per heavy atom. The zero-order valence-electron chi connectivity index (χ0n) is 9.00. The van der Waals surface area contributed by atoms with Gasteiger partial charge in [0.2, 0.25) is 3.79 Å². The average Bonchev–Trinajstić information content (AvgIpc) is 2.16. The number of nitrogens with one attached hydrogen (secondary N) is 1.